The molecule has 2 N–H and O–H groups in total. The third kappa shape index (κ3) is 3.62. The SMILES string of the molecule is NCCc1cc(Cl)ccc1Sc1ccc(Cl)cn1. The normalized spacial score (nSPS) is 10.6. The topological polar surface area (TPSA) is 38.9 Å². The van der Waals surface area contributed by atoms with E-state index in [4.69, 9.17) is 28.9 Å². The highest BCUT2D eigenvalue weighted by Crippen LogP contribution is 2.31. The first kappa shape index (κ1) is 13.7. The van der Waals surface area contributed by atoms with Crippen molar-refractivity contribution in [1.82, 2.24) is 4.98 Å². The Morgan fingerprint density at radius 1 is 1.11 bits per heavy atom. The van der Waals surface area contributed by atoms with Crippen LogP contribution >= 0.6 is 35.0 Å². The lowest BCUT2D eigenvalue weighted by Crippen LogP contribution is -2.03. The van der Waals surface area contributed by atoms with Gasteiger partial charge in [-0.3, -0.25) is 0 Å². The van der Waals surface area contributed by atoms with Crippen molar-refractivity contribution in [1.29, 1.82) is 0 Å². The van der Waals surface area contributed by atoms with Gasteiger partial charge in [-0.1, -0.05) is 35.0 Å². The Kier molecular flexibility index (Phi) is 4.89. The molecule has 0 atom stereocenters. The molecule has 94 valence electrons. The van der Waals surface area contributed by atoms with Crippen LogP contribution < -0.4 is 5.73 Å². The highest BCUT2D eigenvalue weighted by Gasteiger charge is 2.06. The van der Waals surface area contributed by atoms with Gasteiger partial charge in [0.25, 0.3) is 0 Å². The first-order valence-corrected chi connectivity index (χ1v) is 7.04. The lowest BCUT2D eigenvalue weighted by Gasteiger charge is -2.08. The van der Waals surface area contributed by atoms with E-state index in [9.17, 15) is 0 Å². The van der Waals surface area contributed by atoms with Gasteiger partial charge in [0.1, 0.15) is 5.03 Å². The molecule has 0 aliphatic heterocycles. The number of pyridine rings is 1. The summed E-state index contributed by atoms with van der Waals surface area (Å²) in [4.78, 5) is 5.39. The minimum absolute atomic E-state index is 0.599. The van der Waals surface area contributed by atoms with Crippen LogP contribution in [0.25, 0.3) is 0 Å². The van der Waals surface area contributed by atoms with E-state index in [1.165, 1.54) is 0 Å². The molecule has 2 nitrogen and oxygen atoms in total. The Balaban J connectivity index is 2.25. The van der Waals surface area contributed by atoms with E-state index in [0.29, 0.717) is 11.6 Å². The average molecular weight is 299 g/mol. The Bertz CT molecular complexity index is 529. The summed E-state index contributed by atoms with van der Waals surface area (Å²) in [5.41, 5.74) is 6.75. The second-order valence-electron chi connectivity index (χ2n) is 3.71. The van der Waals surface area contributed by atoms with Crippen molar-refractivity contribution in [2.45, 2.75) is 16.3 Å². The third-order valence-electron chi connectivity index (χ3n) is 2.35. The Hall–Kier alpha value is -0.740. The quantitative estimate of drug-likeness (QED) is 0.926. The maximum atomic E-state index is 5.99. The van der Waals surface area contributed by atoms with Crippen molar-refractivity contribution >= 4 is 35.0 Å². The molecule has 0 saturated carbocycles. The maximum Gasteiger partial charge on any atom is 0.101 e. The van der Waals surface area contributed by atoms with Crippen molar-refractivity contribution in [2.24, 2.45) is 5.73 Å². The monoisotopic (exact) mass is 298 g/mol. The second kappa shape index (κ2) is 6.43. The lowest BCUT2D eigenvalue weighted by molar-refractivity contribution is 0.943. The van der Waals surface area contributed by atoms with Crippen molar-refractivity contribution < 1.29 is 0 Å². The van der Waals surface area contributed by atoms with Crippen LogP contribution in [0.5, 0.6) is 0 Å². The predicted octanol–water partition coefficient (Wildman–Crippen LogP) is 4.04. The van der Waals surface area contributed by atoms with E-state index in [1.807, 2.05) is 30.3 Å². The molecule has 0 aliphatic carbocycles. The third-order valence-corrected chi connectivity index (χ3v) is 3.88. The zero-order valence-corrected chi connectivity index (χ0v) is 11.9. The van der Waals surface area contributed by atoms with Crippen LogP contribution in [-0.2, 0) is 6.42 Å². The summed E-state index contributed by atoms with van der Waals surface area (Å²) >= 11 is 13.4. The molecule has 1 aromatic heterocycles. The van der Waals surface area contributed by atoms with Crippen LogP contribution in [0.3, 0.4) is 0 Å². The zero-order chi connectivity index (χ0) is 13.0. The summed E-state index contributed by atoms with van der Waals surface area (Å²) < 4.78 is 0. The van der Waals surface area contributed by atoms with Crippen molar-refractivity contribution in [3.05, 3.63) is 52.1 Å². The standard InChI is InChI=1S/C13H12Cl2N2S/c14-10-1-3-12(9(7-10)5-6-16)18-13-4-2-11(15)8-17-13/h1-4,7-8H,5-6,16H2. The van der Waals surface area contributed by atoms with Gasteiger partial charge in [-0.25, -0.2) is 4.98 Å². The summed E-state index contributed by atoms with van der Waals surface area (Å²) in [5, 5.41) is 2.27. The highest BCUT2D eigenvalue weighted by atomic mass is 35.5. The molecule has 0 aliphatic rings. The second-order valence-corrected chi connectivity index (χ2v) is 5.64. The average Bonchev–Trinajstić information content (AvgIpc) is 2.36. The molecule has 0 radical (unpaired) electrons. The molecule has 1 aromatic carbocycles. The molecule has 1 heterocycles. The highest BCUT2D eigenvalue weighted by molar-refractivity contribution is 7.99. The fourth-order valence-corrected chi connectivity index (χ4v) is 2.74. The van der Waals surface area contributed by atoms with Gasteiger partial charge in [0.15, 0.2) is 0 Å². The van der Waals surface area contributed by atoms with Crippen LogP contribution in [0.4, 0.5) is 0 Å². The molecule has 0 unspecified atom stereocenters. The predicted molar refractivity (Wildman–Crippen MR) is 77.6 cm³/mol. The van der Waals surface area contributed by atoms with Crippen molar-refractivity contribution in [2.75, 3.05) is 6.54 Å². The maximum absolute atomic E-state index is 5.99. The summed E-state index contributed by atoms with van der Waals surface area (Å²) in [6, 6.07) is 9.55. The first-order valence-electron chi connectivity index (χ1n) is 5.47. The minimum Gasteiger partial charge on any atom is -0.330 e. The van der Waals surface area contributed by atoms with E-state index in [-0.39, 0.29) is 0 Å². The minimum atomic E-state index is 0.599. The summed E-state index contributed by atoms with van der Waals surface area (Å²) in [6.07, 6.45) is 2.44. The Labute approximate surface area is 121 Å². The summed E-state index contributed by atoms with van der Waals surface area (Å²) in [6.45, 7) is 0.599. The van der Waals surface area contributed by atoms with Gasteiger partial charge in [0.05, 0.1) is 5.02 Å². The largest absolute Gasteiger partial charge is 0.330 e. The number of nitrogens with zero attached hydrogens (tertiary/aromatic N) is 1. The van der Waals surface area contributed by atoms with Gasteiger partial charge >= 0.3 is 0 Å². The summed E-state index contributed by atoms with van der Waals surface area (Å²) in [7, 11) is 0. The molecule has 0 bridgehead atoms. The number of aromatic nitrogens is 1. The number of hydrogen-bond acceptors (Lipinski definition) is 3. The van der Waals surface area contributed by atoms with E-state index >= 15 is 0 Å². The molecular formula is C13H12Cl2N2S. The van der Waals surface area contributed by atoms with Crippen LogP contribution in [0.2, 0.25) is 10.0 Å². The van der Waals surface area contributed by atoms with Crippen LogP contribution in [0.1, 0.15) is 5.56 Å². The zero-order valence-electron chi connectivity index (χ0n) is 9.57. The lowest BCUT2D eigenvalue weighted by atomic mass is 10.1. The van der Waals surface area contributed by atoms with Gasteiger partial charge in [0, 0.05) is 16.1 Å². The molecule has 2 aromatic rings. The molecule has 2 rings (SSSR count). The number of benzene rings is 1. The molecular weight excluding hydrogens is 287 g/mol. The van der Waals surface area contributed by atoms with Crippen LogP contribution in [0, 0.1) is 0 Å². The molecule has 18 heavy (non-hydrogen) atoms. The van der Waals surface area contributed by atoms with Gasteiger partial charge < -0.3 is 5.73 Å². The van der Waals surface area contributed by atoms with Gasteiger partial charge in [0.2, 0.25) is 0 Å². The molecule has 0 saturated heterocycles. The Morgan fingerprint density at radius 3 is 2.56 bits per heavy atom. The Morgan fingerprint density at radius 2 is 1.89 bits per heavy atom. The van der Waals surface area contributed by atoms with Crippen molar-refractivity contribution in [3.8, 4) is 0 Å². The molecule has 5 heteroatoms. The van der Waals surface area contributed by atoms with Crippen LogP contribution in [0.15, 0.2) is 46.5 Å². The van der Waals surface area contributed by atoms with E-state index < -0.39 is 0 Å². The molecule has 0 fully saturated rings. The fraction of sp³-hybridized carbons (Fsp3) is 0.154. The van der Waals surface area contributed by atoms with E-state index in [2.05, 4.69) is 4.98 Å². The molecule has 0 spiro atoms. The number of hydrogen-bond donors (Lipinski definition) is 1. The summed E-state index contributed by atoms with van der Waals surface area (Å²) in [5.74, 6) is 0. The van der Waals surface area contributed by atoms with Crippen LogP contribution in [-0.4, -0.2) is 11.5 Å². The van der Waals surface area contributed by atoms with Gasteiger partial charge in [-0.2, -0.15) is 0 Å². The van der Waals surface area contributed by atoms with Gasteiger partial charge in [-0.05, 0) is 48.9 Å². The first-order chi connectivity index (χ1) is 8.69. The van der Waals surface area contributed by atoms with E-state index in [0.717, 1.165) is 26.9 Å². The fourth-order valence-electron chi connectivity index (χ4n) is 1.53. The number of nitrogens with two attached hydrogens (primary N) is 1. The molecule has 0 amide bonds. The van der Waals surface area contributed by atoms with E-state index in [1.54, 1.807) is 18.0 Å². The van der Waals surface area contributed by atoms with Gasteiger partial charge in [-0.15, -0.1) is 0 Å². The smallest absolute Gasteiger partial charge is 0.101 e. The number of rotatable bonds is 4. The number of halogens is 2. The van der Waals surface area contributed by atoms with Crippen molar-refractivity contribution in [3.63, 3.8) is 0 Å².